The molecule has 0 bridgehead atoms. The SMILES string of the molecule is CC(=O)c1nnc(CSc2cc(C)nc(N3CCCCC3)n2)o1. The first-order valence-electron chi connectivity index (χ1n) is 7.68. The van der Waals surface area contributed by atoms with Gasteiger partial charge in [0.25, 0.3) is 5.89 Å². The molecule has 0 spiro atoms. The van der Waals surface area contributed by atoms with Crippen LogP contribution in [0.5, 0.6) is 0 Å². The third-order valence-electron chi connectivity index (χ3n) is 3.57. The molecule has 7 nitrogen and oxygen atoms in total. The molecule has 23 heavy (non-hydrogen) atoms. The number of thioether (sulfide) groups is 1. The molecule has 1 fully saturated rings. The third kappa shape index (κ3) is 4.07. The number of carbonyl (C=O) groups is 1. The highest BCUT2D eigenvalue weighted by molar-refractivity contribution is 7.98. The number of piperidine rings is 1. The summed E-state index contributed by atoms with van der Waals surface area (Å²) in [4.78, 5) is 22.6. The highest BCUT2D eigenvalue weighted by atomic mass is 32.2. The average molecular weight is 333 g/mol. The lowest BCUT2D eigenvalue weighted by molar-refractivity contribution is 0.0979. The lowest BCUT2D eigenvalue weighted by Gasteiger charge is -2.27. The summed E-state index contributed by atoms with van der Waals surface area (Å²) in [7, 11) is 0. The number of hydrogen-bond donors (Lipinski definition) is 0. The lowest BCUT2D eigenvalue weighted by atomic mass is 10.1. The predicted molar refractivity (Wildman–Crippen MR) is 86.7 cm³/mol. The van der Waals surface area contributed by atoms with Gasteiger partial charge in [-0.1, -0.05) is 11.8 Å². The first kappa shape index (κ1) is 15.9. The van der Waals surface area contributed by atoms with E-state index in [2.05, 4.69) is 25.1 Å². The Labute approximate surface area is 138 Å². The summed E-state index contributed by atoms with van der Waals surface area (Å²) in [6.45, 7) is 5.40. The molecular formula is C15H19N5O2S. The Kier molecular flexibility index (Phi) is 4.90. The largest absolute Gasteiger partial charge is 0.417 e. The summed E-state index contributed by atoms with van der Waals surface area (Å²) >= 11 is 1.51. The fourth-order valence-electron chi connectivity index (χ4n) is 2.42. The minimum absolute atomic E-state index is 0.0495. The third-order valence-corrected chi connectivity index (χ3v) is 4.47. The molecule has 3 heterocycles. The van der Waals surface area contributed by atoms with Crippen molar-refractivity contribution in [2.45, 2.75) is 43.9 Å². The van der Waals surface area contributed by atoms with Gasteiger partial charge >= 0.3 is 0 Å². The Hall–Kier alpha value is -1.96. The van der Waals surface area contributed by atoms with Crippen molar-refractivity contribution in [3.8, 4) is 0 Å². The topological polar surface area (TPSA) is 85.0 Å². The molecule has 2 aromatic rings. The first-order chi connectivity index (χ1) is 11.1. The molecule has 0 aromatic carbocycles. The minimum atomic E-state index is -0.223. The Morgan fingerprint density at radius 1 is 1.26 bits per heavy atom. The molecule has 0 N–H and O–H groups in total. The molecule has 122 valence electrons. The molecule has 0 atom stereocenters. The van der Waals surface area contributed by atoms with Gasteiger partial charge < -0.3 is 9.32 Å². The summed E-state index contributed by atoms with van der Waals surface area (Å²) < 4.78 is 5.30. The van der Waals surface area contributed by atoms with E-state index >= 15 is 0 Å². The van der Waals surface area contributed by atoms with Crippen molar-refractivity contribution in [1.29, 1.82) is 0 Å². The monoisotopic (exact) mass is 333 g/mol. The quantitative estimate of drug-likeness (QED) is 0.469. The van der Waals surface area contributed by atoms with Crippen LogP contribution in [0, 0.1) is 6.92 Å². The van der Waals surface area contributed by atoms with Crippen LogP contribution in [0.25, 0.3) is 0 Å². The molecule has 1 aliphatic heterocycles. The standard InChI is InChI=1S/C15H19N5O2S/c1-10-8-13(17-15(16-10)20-6-4-3-5-7-20)23-9-12-18-19-14(22-12)11(2)21/h8H,3-7,9H2,1-2H3. The number of Topliss-reactive ketones (excluding diaryl/α,β-unsaturated/α-hetero) is 1. The van der Waals surface area contributed by atoms with Crippen LogP contribution >= 0.6 is 11.8 Å². The summed E-state index contributed by atoms with van der Waals surface area (Å²) in [5.74, 6) is 1.53. The Bertz CT molecular complexity index is 697. The molecule has 0 aliphatic carbocycles. The van der Waals surface area contributed by atoms with Crippen LogP contribution in [0.15, 0.2) is 15.5 Å². The predicted octanol–water partition coefficient (Wildman–Crippen LogP) is 2.65. The van der Waals surface area contributed by atoms with Gasteiger partial charge in [0, 0.05) is 25.7 Å². The molecule has 3 rings (SSSR count). The van der Waals surface area contributed by atoms with E-state index in [4.69, 9.17) is 4.42 Å². The maximum Gasteiger partial charge on any atom is 0.283 e. The van der Waals surface area contributed by atoms with Crippen LogP contribution in [0.2, 0.25) is 0 Å². The van der Waals surface area contributed by atoms with E-state index in [1.54, 1.807) is 0 Å². The van der Waals surface area contributed by atoms with E-state index in [9.17, 15) is 4.79 Å². The zero-order valence-corrected chi connectivity index (χ0v) is 14.1. The smallest absolute Gasteiger partial charge is 0.283 e. The second-order valence-electron chi connectivity index (χ2n) is 5.54. The van der Waals surface area contributed by atoms with E-state index in [1.807, 2.05) is 13.0 Å². The highest BCUT2D eigenvalue weighted by Crippen LogP contribution is 2.24. The Balaban J connectivity index is 1.69. The van der Waals surface area contributed by atoms with Crippen molar-refractivity contribution in [1.82, 2.24) is 20.2 Å². The average Bonchev–Trinajstić information content (AvgIpc) is 3.03. The molecule has 8 heteroatoms. The van der Waals surface area contributed by atoms with Crippen molar-refractivity contribution in [2.24, 2.45) is 0 Å². The van der Waals surface area contributed by atoms with Crippen molar-refractivity contribution < 1.29 is 9.21 Å². The summed E-state index contributed by atoms with van der Waals surface area (Å²) in [5.41, 5.74) is 0.943. The van der Waals surface area contributed by atoms with Gasteiger partial charge in [0.2, 0.25) is 17.6 Å². The second kappa shape index (κ2) is 7.08. The zero-order valence-electron chi connectivity index (χ0n) is 13.3. The number of carbonyl (C=O) groups excluding carboxylic acids is 1. The number of nitrogens with zero attached hydrogens (tertiary/aromatic N) is 5. The van der Waals surface area contributed by atoms with Crippen LogP contribution in [-0.4, -0.2) is 39.0 Å². The number of rotatable bonds is 5. The van der Waals surface area contributed by atoms with E-state index in [1.165, 1.54) is 37.9 Å². The van der Waals surface area contributed by atoms with Crippen molar-refractivity contribution in [3.63, 3.8) is 0 Å². The van der Waals surface area contributed by atoms with Gasteiger partial charge in [-0.3, -0.25) is 4.79 Å². The van der Waals surface area contributed by atoms with Gasteiger partial charge in [-0.15, -0.1) is 10.2 Å². The van der Waals surface area contributed by atoms with Crippen LogP contribution in [0.1, 0.15) is 48.5 Å². The van der Waals surface area contributed by atoms with Crippen molar-refractivity contribution in [2.75, 3.05) is 18.0 Å². The van der Waals surface area contributed by atoms with Crippen molar-refractivity contribution in [3.05, 3.63) is 23.5 Å². The van der Waals surface area contributed by atoms with Gasteiger partial charge in [-0.2, -0.15) is 0 Å². The van der Waals surface area contributed by atoms with Gasteiger partial charge in [0.1, 0.15) is 5.03 Å². The maximum atomic E-state index is 11.2. The molecule has 0 saturated carbocycles. The molecule has 0 unspecified atom stereocenters. The number of anilines is 1. The maximum absolute atomic E-state index is 11.2. The normalized spacial score (nSPS) is 15.0. The van der Waals surface area contributed by atoms with E-state index in [0.29, 0.717) is 11.6 Å². The summed E-state index contributed by atoms with van der Waals surface area (Å²) in [6.07, 6.45) is 3.66. The molecular weight excluding hydrogens is 314 g/mol. The van der Waals surface area contributed by atoms with Gasteiger partial charge in [0.15, 0.2) is 0 Å². The van der Waals surface area contributed by atoms with Crippen LogP contribution in [-0.2, 0) is 5.75 Å². The van der Waals surface area contributed by atoms with Crippen LogP contribution in [0.3, 0.4) is 0 Å². The number of aromatic nitrogens is 4. The number of ketones is 1. The van der Waals surface area contributed by atoms with Gasteiger partial charge in [-0.05, 0) is 32.3 Å². The highest BCUT2D eigenvalue weighted by Gasteiger charge is 2.16. The molecule has 0 amide bonds. The van der Waals surface area contributed by atoms with Crippen molar-refractivity contribution >= 4 is 23.5 Å². The zero-order chi connectivity index (χ0) is 16.2. The minimum Gasteiger partial charge on any atom is -0.417 e. The van der Waals surface area contributed by atoms with Crippen LogP contribution < -0.4 is 4.90 Å². The molecule has 1 aliphatic rings. The Morgan fingerprint density at radius 3 is 2.74 bits per heavy atom. The van der Waals surface area contributed by atoms with E-state index in [-0.39, 0.29) is 11.7 Å². The van der Waals surface area contributed by atoms with Gasteiger partial charge in [0.05, 0.1) is 5.75 Å². The lowest BCUT2D eigenvalue weighted by Crippen LogP contribution is -2.31. The Morgan fingerprint density at radius 2 is 2.04 bits per heavy atom. The second-order valence-corrected chi connectivity index (χ2v) is 6.54. The van der Waals surface area contributed by atoms with E-state index < -0.39 is 0 Å². The van der Waals surface area contributed by atoms with Crippen LogP contribution in [0.4, 0.5) is 5.95 Å². The fraction of sp³-hybridized carbons (Fsp3) is 0.533. The first-order valence-corrected chi connectivity index (χ1v) is 8.67. The molecule has 0 radical (unpaired) electrons. The summed E-state index contributed by atoms with van der Waals surface area (Å²) in [6, 6.07) is 1.94. The number of aryl methyl sites for hydroxylation is 1. The molecule has 2 aromatic heterocycles. The van der Waals surface area contributed by atoms with Gasteiger partial charge in [-0.25, -0.2) is 9.97 Å². The fourth-order valence-corrected chi connectivity index (χ4v) is 3.21. The number of hydrogen-bond acceptors (Lipinski definition) is 8. The summed E-state index contributed by atoms with van der Waals surface area (Å²) in [5, 5.41) is 8.47. The van der Waals surface area contributed by atoms with E-state index in [0.717, 1.165) is 29.8 Å². The molecule has 1 saturated heterocycles.